The van der Waals surface area contributed by atoms with Gasteiger partial charge in [-0.3, -0.25) is 0 Å². The van der Waals surface area contributed by atoms with Crippen molar-refractivity contribution >= 4 is 37.6 Å². The number of hydrogen-bond donors (Lipinski definition) is 0. The molecule has 0 amide bonds. The molecule has 4 nitrogen and oxygen atoms in total. The third-order valence-electron chi connectivity index (χ3n) is 5.60. The van der Waals surface area contributed by atoms with E-state index in [0.717, 1.165) is 35.6 Å². The van der Waals surface area contributed by atoms with E-state index in [4.69, 9.17) is 9.97 Å². The fraction of sp³-hybridized carbons (Fsp3) is 0.591. The summed E-state index contributed by atoms with van der Waals surface area (Å²) >= 11 is 1.79. The molecule has 0 aromatic carbocycles. The van der Waals surface area contributed by atoms with Gasteiger partial charge in [-0.2, -0.15) is 0 Å². The molecule has 5 heteroatoms. The summed E-state index contributed by atoms with van der Waals surface area (Å²) in [5.74, 6) is 1.69. The molecule has 0 saturated carbocycles. The van der Waals surface area contributed by atoms with Gasteiger partial charge in [0.25, 0.3) is 0 Å². The van der Waals surface area contributed by atoms with Gasteiger partial charge in [-0.25, -0.2) is 15.0 Å². The van der Waals surface area contributed by atoms with E-state index in [2.05, 4.69) is 37.7 Å². The zero-order valence-corrected chi connectivity index (χ0v) is 17.8. The van der Waals surface area contributed by atoms with Gasteiger partial charge in [0.1, 0.15) is 17.0 Å². The topological polar surface area (TPSA) is 41.9 Å². The van der Waals surface area contributed by atoms with Crippen LogP contribution < -0.4 is 4.90 Å². The molecular weight excluding hydrogens is 352 g/mol. The van der Waals surface area contributed by atoms with E-state index < -0.39 is 0 Å². The Morgan fingerprint density at radius 1 is 1.15 bits per heavy atom. The number of aromatic nitrogens is 3. The van der Waals surface area contributed by atoms with Crippen LogP contribution in [0.2, 0.25) is 0 Å². The van der Waals surface area contributed by atoms with Crippen LogP contribution in [-0.4, -0.2) is 28.5 Å². The Balaban J connectivity index is 1.93. The summed E-state index contributed by atoms with van der Waals surface area (Å²) in [7, 11) is 2.15. The van der Waals surface area contributed by atoms with Crippen LogP contribution >= 0.6 is 11.3 Å². The van der Waals surface area contributed by atoms with Gasteiger partial charge in [-0.05, 0) is 55.6 Å². The highest BCUT2D eigenvalue weighted by molar-refractivity contribution is 7.26. The zero-order valence-electron chi connectivity index (χ0n) is 17.0. The van der Waals surface area contributed by atoms with Crippen LogP contribution in [0.3, 0.4) is 0 Å². The van der Waals surface area contributed by atoms with Gasteiger partial charge >= 0.3 is 0 Å². The summed E-state index contributed by atoms with van der Waals surface area (Å²) < 4.78 is 1.20. The molecule has 0 spiro atoms. The summed E-state index contributed by atoms with van der Waals surface area (Å²) in [6.07, 6.45) is 10.1. The average molecular weight is 383 g/mol. The molecule has 0 unspecified atom stereocenters. The molecule has 0 saturated heterocycles. The molecule has 0 atom stereocenters. The minimum atomic E-state index is 0.630. The maximum atomic E-state index is 5.16. The number of thiophene rings is 1. The van der Waals surface area contributed by atoms with E-state index in [1.807, 2.05) is 0 Å². The normalized spacial score (nSPS) is 14.3. The minimum Gasteiger partial charge on any atom is -0.358 e. The largest absolute Gasteiger partial charge is 0.358 e. The first-order valence-electron chi connectivity index (χ1n) is 10.4. The molecule has 0 bridgehead atoms. The molecule has 27 heavy (non-hydrogen) atoms. The molecule has 3 heterocycles. The Hall–Kier alpha value is -1.75. The van der Waals surface area contributed by atoms with Crippen molar-refractivity contribution < 1.29 is 0 Å². The number of fused-ring (bicyclic) bond motifs is 5. The van der Waals surface area contributed by atoms with E-state index in [9.17, 15) is 0 Å². The highest BCUT2D eigenvalue weighted by Crippen LogP contribution is 2.41. The monoisotopic (exact) mass is 382 g/mol. The van der Waals surface area contributed by atoms with Crippen LogP contribution in [0.15, 0.2) is 6.33 Å². The van der Waals surface area contributed by atoms with Crippen LogP contribution in [-0.2, 0) is 19.3 Å². The predicted octanol–water partition coefficient (Wildman–Crippen LogP) is 5.55. The van der Waals surface area contributed by atoms with Crippen LogP contribution in [0.4, 0.5) is 5.82 Å². The summed E-state index contributed by atoms with van der Waals surface area (Å²) in [6.45, 7) is 7.84. The second-order valence-corrected chi connectivity index (χ2v) is 9.25. The number of anilines is 1. The molecule has 3 aromatic heterocycles. The SMILES string of the molecule is CCCCN(C)c1ncnc2c1sc1nc(CC(C)C)c3c(c12)CCCC3. The van der Waals surface area contributed by atoms with Crippen molar-refractivity contribution in [3.05, 3.63) is 23.1 Å². The van der Waals surface area contributed by atoms with Crippen molar-refractivity contribution in [3.8, 4) is 0 Å². The third-order valence-corrected chi connectivity index (χ3v) is 6.67. The average Bonchev–Trinajstić information content (AvgIpc) is 3.04. The molecule has 144 valence electrons. The Bertz CT molecular complexity index is 960. The molecule has 3 aromatic rings. The number of nitrogens with zero attached hydrogens (tertiary/aromatic N) is 4. The van der Waals surface area contributed by atoms with Crippen LogP contribution in [0, 0.1) is 5.92 Å². The second kappa shape index (κ2) is 7.70. The van der Waals surface area contributed by atoms with Crippen molar-refractivity contribution in [1.82, 2.24) is 15.0 Å². The molecular formula is C22H30N4S. The molecule has 1 aliphatic carbocycles. The lowest BCUT2D eigenvalue weighted by Crippen LogP contribution is -2.19. The van der Waals surface area contributed by atoms with Gasteiger partial charge in [0.2, 0.25) is 0 Å². The zero-order chi connectivity index (χ0) is 19.0. The molecule has 4 rings (SSSR count). The molecule has 1 aliphatic rings. The summed E-state index contributed by atoms with van der Waals surface area (Å²) in [5, 5.41) is 1.31. The third kappa shape index (κ3) is 3.42. The molecule has 0 N–H and O–H groups in total. The Morgan fingerprint density at radius 2 is 1.93 bits per heavy atom. The molecule has 0 fully saturated rings. The van der Waals surface area contributed by atoms with Crippen molar-refractivity contribution in [2.75, 3.05) is 18.5 Å². The van der Waals surface area contributed by atoms with Crippen molar-refractivity contribution in [2.45, 2.75) is 65.7 Å². The Morgan fingerprint density at radius 3 is 2.67 bits per heavy atom. The van der Waals surface area contributed by atoms with Crippen LogP contribution in [0.25, 0.3) is 20.4 Å². The lowest BCUT2D eigenvalue weighted by Gasteiger charge is -2.21. The quantitative estimate of drug-likeness (QED) is 0.560. The fourth-order valence-electron chi connectivity index (χ4n) is 4.25. The van der Waals surface area contributed by atoms with E-state index in [1.54, 1.807) is 17.7 Å². The molecule has 0 radical (unpaired) electrons. The molecule has 0 aliphatic heterocycles. The number of unbranched alkanes of at least 4 members (excludes halogenated alkanes) is 1. The smallest absolute Gasteiger partial charge is 0.149 e. The van der Waals surface area contributed by atoms with E-state index in [1.165, 1.54) is 59.0 Å². The van der Waals surface area contributed by atoms with Gasteiger partial charge in [0, 0.05) is 24.7 Å². The predicted molar refractivity (Wildman–Crippen MR) is 116 cm³/mol. The van der Waals surface area contributed by atoms with Gasteiger partial charge < -0.3 is 4.90 Å². The summed E-state index contributed by atoms with van der Waals surface area (Å²) in [5.41, 5.74) is 5.48. The van der Waals surface area contributed by atoms with Crippen molar-refractivity contribution in [2.24, 2.45) is 5.92 Å². The highest BCUT2D eigenvalue weighted by Gasteiger charge is 2.24. The fourth-order valence-corrected chi connectivity index (χ4v) is 5.48. The number of aryl methyl sites for hydroxylation is 1. The number of pyridine rings is 1. The second-order valence-electron chi connectivity index (χ2n) is 8.25. The van der Waals surface area contributed by atoms with E-state index in [0.29, 0.717) is 5.92 Å². The van der Waals surface area contributed by atoms with E-state index >= 15 is 0 Å². The maximum absolute atomic E-state index is 5.16. The van der Waals surface area contributed by atoms with Gasteiger partial charge in [0.05, 0.1) is 10.2 Å². The number of rotatable bonds is 6. The van der Waals surface area contributed by atoms with Crippen LogP contribution in [0.1, 0.15) is 63.3 Å². The highest BCUT2D eigenvalue weighted by atomic mass is 32.1. The lowest BCUT2D eigenvalue weighted by molar-refractivity contribution is 0.615. The van der Waals surface area contributed by atoms with E-state index in [-0.39, 0.29) is 0 Å². The minimum absolute atomic E-state index is 0.630. The lowest BCUT2D eigenvalue weighted by atomic mass is 9.87. The Labute approximate surface area is 166 Å². The first-order chi connectivity index (χ1) is 13.1. The number of hydrogen-bond acceptors (Lipinski definition) is 5. The van der Waals surface area contributed by atoms with Crippen molar-refractivity contribution in [1.29, 1.82) is 0 Å². The van der Waals surface area contributed by atoms with Gasteiger partial charge in [0.15, 0.2) is 0 Å². The Kier molecular flexibility index (Phi) is 5.31. The first kappa shape index (κ1) is 18.6. The van der Waals surface area contributed by atoms with Gasteiger partial charge in [-0.1, -0.05) is 27.2 Å². The summed E-state index contributed by atoms with van der Waals surface area (Å²) in [6, 6.07) is 0. The maximum Gasteiger partial charge on any atom is 0.149 e. The first-order valence-corrected chi connectivity index (χ1v) is 11.2. The summed E-state index contributed by atoms with van der Waals surface area (Å²) in [4.78, 5) is 18.0. The van der Waals surface area contributed by atoms with Gasteiger partial charge in [-0.15, -0.1) is 11.3 Å². The van der Waals surface area contributed by atoms with Crippen molar-refractivity contribution in [3.63, 3.8) is 0 Å². The standard InChI is InChI=1S/C22H30N4S/c1-5-6-11-26(4)21-20-19(23-13-24-21)18-16-10-8-7-9-15(16)17(12-14(2)3)25-22(18)27-20/h13-14H,5-12H2,1-4H3. The van der Waals surface area contributed by atoms with Crippen LogP contribution in [0.5, 0.6) is 0 Å².